The van der Waals surface area contributed by atoms with E-state index in [1.54, 1.807) is 38.5 Å². The second-order valence-electron chi connectivity index (χ2n) is 10.7. The van der Waals surface area contributed by atoms with Crippen LogP contribution in [0.15, 0.2) is 102 Å². The number of hydrogen-bond acceptors (Lipinski definition) is 5. The molecule has 0 atom stereocenters. The Labute approximate surface area is 252 Å². The molecule has 7 heteroatoms. The van der Waals surface area contributed by atoms with Crippen LogP contribution in [0.3, 0.4) is 0 Å². The van der Waals surface area contributed by atoms with Crippen molar-refractivity contribution in [3.63, 3.8) is 0 Å². The molecule has 0 saturated heterocycles. The number of para-hydroxylation sites is 1. The van der Waals surface area contributed by atoms with E-state index in [9.17, 15) is 9.59 Å². The molecule has 0 radical (unpaired) electrons. The van der Waals surface area contributed by atoms with Crippen molar-refractivity contribution in [2.75, 3.05) is 33.1 Å². The molecule has 0 aliphatic carbocycles. The van der Waals surface area contributed by atoms with Crippen LogP contribution < -0.4 is 20.2 Å². The fourth-order valence-electron chi connectivity index (χ4n) is 5.27. The van der Waals surface area contributed by atoms with Crippen LogP contribution in [0.25, 0.3) is 22.2 Å². The Kier molecular flexibility index (Phi) is 9.54. The number of ether oxygens (including phenoxy) is 2. The minimum absolute atomic E-state index is 0.126. The number of rotatable bonds is 12. The number of fused-ring (bicyclic) bond motifs is 1. The molecule has 0 aliphatic heterocycles. The third-order valence-electron chi connectivity index (χ3n) is 7.56. The summed E-state index contributed by atoms with van der Waals surface area (Å²) in [6.07, 6.45) is 3.10. The number of amides is 1. The molecule has 0 fully saturated rings. The van der Waals surface area contributed by atoms with Gasteiger partial charge in [0, 0.05) is 29.4 Å². The summed E-state index contributed by atoms with van der Waals surface area (Å²) in [7, 11) is 5.43. The predicted octanol–water partition coefficient (Wildman–Crippen LogP) is 6.92. The molecule has 220 valence electrons. The first-order valence-electron chi connectivity index (χ1n) is 14.5. The van der Waals surface area contributed by atoms with Crippen LogP contribution in [-0.2, 0) is 13.0 Å². The number of anilines is 1. The van der Waals surface area contributed by atoms with Crippen LogP contribution in [-0.4, -0.2) is 43.6 Å². The number of aromatic amines is 1. The molecule has 5 rings (SSSR count). The van der Waals surface area contributed by atoms with Crippen LogP contribution in [0, 0.1) is 0 Å². The minimum atomic E-state index is -0.267. The second kappa shape index (κ2) is 13.9. The standard InChI is InChI=1S/C36H37N3O4/c1-39(24-26-17-20-33(42-2)34(22-26)43-3)21-8-7-10-25-15-18-28(19-16-25)37-36(41)30-14-9-13-29-32(40)23-31(38-35(29)30)27-11-5-4-6-12-27/h4-6,9,11-20,22-23H,7-8,10,21,24H2,1-3H3,(H,37,41)(H,38,40). The summed E-state index contributed by atoms with van der Waals surface area (Å²) in [5, 5.41) is 3.48. The van der Waals surface area contributed by atoms with Crippen molar-refractivity contribution in [2.24, 2.45) is 0 Å². The normalized spacial score (nSPS) is 11.1. The Morgan fingerprint density at radius 3 is 2.30 bits per heavy atom. The fourth-order valence-corrected chi connectivity index (χ4v) is 5.27. The van der Waals surface area contributed by atoms with Gasteiger partial charge in [0.25, 0.3) is 5.91 Å². The van der Waals surface area contributed by atoms with Gasteiger partial charge in [0.15, 0.2) is 16.9 Å². The monoisotopic (exact) mass is 575 g/mol. The first-order valence-corrected chi connectivity index (χ1v) is 14.5. The van der Waals surface area contributed by atoms with Crippen molar-refractivity contribution in [2.45, 2.75) is 25.8 Å². The van der Waals surface area contributed by atoms with E-state index in [0.717, 1.165) is 49.4 Å². The molecule has 2 N–H and O–H groups in total. The zero-order chi connectivity index (χ0) is 30.2. The van der Waals surface area contributed by atoms with E-state index < -0.39 is 0 Å². The number of aryl methyl sites for hydroxylation is 1. The van der Waals surface area contributed by atoms with Gasteiger partial charge < -0.3 is 24.7 Å². The van der Waals surface area contributed by atoms with Gasteiger partial charge in [-0.05, 0) is 85.9 Å². The first-order chi connectivity index (χ1) is 20.9. The number of hydrogen-bond donors (Lipinski definition) is 2. The summed E-state index contributed by atoms with van der Waals surface area (Å²) in [4.78, 5) is 31.8. The highest BCUT2D eigenvalue weighted by Gasteiger charge is 2.14. The number of nitrogens with one attached hydrogen (secondary N) is 2. The summed E-state index contributed by atoms with van der Waals surface area (Å²) < 4.78 is 10.7. The molecule has 0 saturated carbocycles. The Morgan fingerprint density at radius 1 is 0.814 bits per heavy atom. The van der Waals surface area contributed by atoms with Crippen molar-refractivity contribution >= 4 is 22.5 Å². The molecule has 0 spiro atoms. The van der Waals surface area contributed by atoms with Gasteiger partial charge in [0.1, 0.15) is 0 Å². The predicted molar refractivity (Wildman–Crippen MR) is 173 cm³/mol. The number of nitrogens with zero attached hydrogens (tertiary/aromatic N) is 1. The fraction of sp³-hybridized carbons (Fsp3) is 0.222. The quantitative estimate of drug-likeness (QED) is 0.158. The van der Waals surface area contributed by atoms with Crippen molar-refractivity contribution in [3.8, 4) is 22.8 Å². The molecule has 0 unspecified atom stereocenters. The molecule has 7 nitrogen and oxygen atoms in total. The van der Waals surface area contributed by atoms with Crippen molar-refractivity contribution < 1.29 is 14.3 Å². The highest BCUT2D eigenvalue weighted by molar-refractivity contribution is 6.12. The Morgan fingerprint density at radius 2 is 1.56 bits per heavy atom. The molecular formula is C36H37N3O4. The van der Waals surface area contributed by atoms with E-state index in [2.05, 4.69) is 40.4 Å². The van der Waals surface area contributed by atoms with Crippen molar-refractivity contribution in [1.29, 1.82) is 0 Å². The van der Waals surface area contributed by atoms with E-state index in [0.29, 0.717) is 27.8 Å². The van der Waals surface area contributed by atoms with Crippen LogP contribution in [0.5, 0.6) is 11.5 Å². The molecule has 1 amide bonds. The van der Waals surface area contributed by atoms with Crippen LogP contribution in [0.2, 0.25) is 0 Å². The third kappa shape index (κ3) is 7.31. The maximum absolute atomic E-state index is 13.3. The number of unbranched alkanes of at least 4 members (excludes halogenated alkanes) is 1. The molecule has 0 aliphatic rings. The van der Waals surface area contributed by atoms with Gasteiger partial charge in [-0.3, -0.25) is 9.59 Å². The van der Waals surface area contributed by atoms with Gasteiger partial charge in [-0.15, -0.1) is 0 Å². The van der Waals surface area contributed by atoms with Gasteiger partial charge >= 0.3 is 0 Å². The van der Waals surface area contributed by atoms with Crippen LogP contribution in [0.4, 0.5) is 5.69 Å². The number of pyridine rings is 1. The lowest BCUT2D eigenvalue weighted by Gasteiger charge is -2.18. The summed E-state index contributed by atoms with van der Waals surface area (Å²) >= 11 is 0. The Hall–Kier alpha value is -4.88. The highest BCUT2D eigenvalue weighted by Crippen LogP contribution is 2.28. The minimum Gasteiger partial charge on any atom is -0.493 e. The van der Waals surface area contributed by atoms with Gasteiger partial charge in [-0.25, -0.2) is 0 Å². The Balaban J connectivity index is 1.15. The summed E-state index contributed by atoms with van der Waals surface area (Å²) in [6.45, 7) is 1.83. The average molecular weight is 576 g/mol. The number of aromatic nitrogens is 1. The zero-order valence-corrected chi connectivity index (χ0v) is 24.9. The van der Waals surface area contributed by atoms with Gasteiger partial charge in [-0.1, -0.05) is 54.6 Å². The smallest absolute Gasteiger partial charge is 0.257 e. The topological polar surface area (TPSA) is 83.7 Å². The average Bonchev–Trinajstić information content (AvgIpc) is 3.04. The molecule has 1 heterocycles. The summed E-state index contributed by atoms with van der Waals surface area (Å²) in [6, 6.07) is 30.4. The molecule has 43 heavy (non-hydrogen) atoms. The second-order valence-corrected chi connectivity index (χ2v) is 10.7. The van der Waals surface area contributed by atoms with Gasteiger partial charge in [0.05, 0.1) is 25.3 Å². The maximum Gasteiger partial charge on any atom is 0.257 e. The SMILES string of the molecule is COc1ccc(CN(C)CCCCc2ccc(NC(=O)c3cccc4c(=O)cc(-c5ccccc5)[nH]c34)cc2)cc1OC. The molecular weight excluding hydrogens is 538 g/mol. The van der Waals surface area contributed by atoms with E-state index in [1.165, 1.54) is 11.1 Å². The Bertz CT molecular complexity index is 1750. The number of H-pyrrole nitrogens is 1. The van der Waals surface area contributed by atoms with Crippen molar-refractivity contribution in [3.05, 3.63) is 124 Å². The van der Waals surface area contributed by atoms with Crippen molar-refractivity contribution in [1.82, 2.24) is 9.88 Å². The summed E-state index contributed by atoms with van der Waals surface area (Å²) in [5.74, 6) is 1.22. The van der Waals surface area contributed by atoms with Gasteiger partial charge in [0.2, 0.25) is 0 Å². The lowest BCUT2D eigenvalue weighted by molar-refractivity contribution is 0.102. The third-order valence-corrected chi connectivity index (χ3v) is 7.56. The molecule has 1 aromatic heterocycles. The van der Waals surface area contributed by atoms with Gasteiger partial charge in [-0.2, -0.15) is 0 Å². The number of methoxy groups -OCH3 is 2. The van der Waals surface area contributed by atoms with E-state index in [4.69, 9.17) is 9.47 Å². The largest absolute Gasteiger partial charge is 0.493 e. The van der Waals surface area contributed by atoms with E-state index in [1.807, 2.05) is 54.6 Å². The number of carbonyl (C=O) groups excluding carboxylic acids is 1. The highest BCUT2D eigenvalue weighted by atomic mass is 16.5. The zero-order valence-electron chi connectivity index (χ0n) is 24.9. The maximum atomic E-state index is 13.3. The molecule has 5 aromatic rings. The van der Waals surface area contributed by atoms with Crippen LogP contribution in [0.1, 0.15) is 34.3 Å². The van der Waals surface area contributed by atoms with E-state index >= 15 is 0 Å². The lowest BCUT2D eigenvalue weighted by atomic mass is 10.1. The van der Waals surface area contributed by atoms with E-state index in [-0.39, 0.29) is 11.3 Å². The molecule has 0 bridgehead atoms. The molecule has 4 aromatic carbocycles. The first kappa shape index (κ1) is 29.6. The number of benzene rings is 4. The van der Waals surface area contributed by atoms with Crippen LogP contribution >= 0.6 is 0 Å². The summed E-state index contributed by atoms with van der Waals surface area (Å²) in [5.41, 5.74) is 5.51. The lowest BCUT2D eigenvalue weighted by Crippen LogP contribution is -2.19. The number of carbonyl (C=O) groups is 1.